The van der Waals surface area contributed by atoms with E-state index in [0.717, 1.165) is 12.1 Å². The number of aromatic nitrogens is 1. The van der Waals surface area contributed by atoms with Crippen LogP contribution in [0.4, 0.5) is 13.2 Å². The molecule has 0 aliphatic carbocycles. The van der Waals surface area contributed by atoms with Crippen molar-refractivity contribution < 1.29 is 23.1 Å². The van der Waals surface area contributed by atoms with Crippen LogP contribution in [0.1, 0.15) is 31.1 Å². The summed E-state index contributed by atoms with van der Waals surface area (Å²) in [4.78, 5) is 10.9. The van der Waals surface area contributed by atoms with E-state index in [1.165, 1.54) is 6.07 Å². The molecule has 0 amide bonds. The smallest absolute Gasteiger partial charge is 0.416 e. The van der Waals surface area contributed by atoms with Crippen molar-refractivity contribution in [3.8, 4) is 0 Å². The lowest BCUT2D eigenvalue weighted by molar-refractivity contribution is -0.138. The van der Waals surface area contributed by atoms with Gasteiger partial charge in [-0.25, -0.2) is 0 Å². The zero-order valence-corrected chi connectivity index (χ0v) is 11.0. The second-order valence-electron chi connectivity index (χ2n) is 4.94. The van der Waals surface area contributed by atoms with E-state index < -0.39 is 17.7 Å². The molecule has 108 valence electrons. The SMILES string of the molecule is CC(C)n1c(CC(=O)O)cc2ccc(C(F)(F)F)cc21. The predicted octanol–water partition coefficient (Wildman–Crippen LogP) is 3.87. The molecule has 0 aliphatic heterocycles. The third-order valence-electron chi connectivity index (χ3n) is 3.10. The van der Waals surface area contributed by atoms with Crippen molar-refractivity contribution in [1.29, 1.82) is 0 Å². The van der Waals surface area contributed by atoms with Gasteiger partial charge in [-0.1, -0.05) is 6.07 Å². The minimum Gasteiger partial charge on any atom is -0.481 e. The highest BCUT2D eigenvalue weighted by Crippen LogP contribution is 2.33. The van der Waals surface area contributed by atoms with E-state index in [4.69, 9.17) is 5.11 Å². The van der Waals surface area contributed by atoms with E-state index in [1.807, 2.05) is 13.8 Å². The number of carboxylic acids is 1. The summed E-state index contributed by atoms with van der Waals surface area (Å²) in [5, 5.41) is 9.50. The van der Waals surface area contributed by atoms with E-state index in [0.29, 0.717) is 16.6 Å². The summed E-state index contributed by atoms with van der Waals surface area (Å²) in [7, 11) is 0. The average molecular weight is 285 g/mol. The Labute approximate surface area is 113 Å². The second-order valence-corrected chi connectivity index (χ2v) is 4.94. The Balaban J connectivity index is 2.67. The average Bonchev–Trinajstić information content (AvgIpc) is 2.63. The van der Waals surface area contributed by atoms with Crippen LogP contribution in [0.15, 0.2) is 24.3 Å². The number of fused-ring (bicyclic) bond motifs is 1. The Hall–Kier alpha value is -1.98. The van der Waals surface area contributed by atoms with Crippen molar-refractivity contribution in [3.63, 3.8) is 0 Å². The van der Waals surface area contributed by atoms with Crippen molar-refractivity contribution in [3.05, 3.63) is 35.5 Å². The van der Waals surface area contributed by atoms with Crippen molar-refractivity contribution in [2.75, 3.05) is 0 Å². The highest BCUT2D eigenvalue weighted by molar-refractivity contribution is 5.84. The Bertz CT molecular complexity index is 656. The van der Waals surface area contributed by atoms with Gasteiger partial charge < -0.3 is 9.67 Å². The first-order valence-electron chi connectivity index (χ1n) is 6.13. The summed E-state index contributed by atoms with van der Waals surface area (Å²) < 4.78 is 39.9. The molecule has 1 heterocycles. The number of rotatable bonds is 3. The normalized spacial score (nSPS) is 12.3. The summed E-state index contributed by atoms with van der Waals surface area (Å²) in [6, 6.07) is 4.97. The standard InChI is InChI=1S/C14H14F3NO2/c1-8(2)18-11(7-13(19)20)5-9-3-4-10(6-12(9)18)14(15,16)17/h3-6,8H,7H2,1-2H3,(H,19,20). The van der Waals surface area contributed by atoms with Crippen LogP contribution in [0.5, 0.6) is 0 Å². The number of hydrogen-bond donors (Lipinski definition) is 1. The Morgan fingerprint density at radius 3 is 2.45 bits per heavy atom. The summed E-state index contributed by atoms with van der Waals surface area (Å²) in [5.74, 6) is -1.01. The Kier molecular flexibility index (Phi) is 3.50. The van der Waals surface area contributed by atoms with Gasteiger partial charge in [-0.2, -0.15) is 13.2 Å². The lowest BCUT2D eigenvalue weighted by atomic mass is 10.1. The molecule has 0 saturated heterocycles. The van der Waals surface area contributed by atoms with Crippen LogP contribution in [0, 0.1) is 0 Å². The van der Waals surface area contributed by atoms with Crippen molar-refractivity contribution >= 4 is 16.9 Å². The van der Waals surface area contributed by atoms with Crippen LogP contribution in [0.25, 0.3) is 10.9 Å². The van der Waals surface area contributed by atoms with Gasteiger partial charge in [0.1, 0.15) is 0 Å². The Morgan fingerprint density at radius 1 is 1.30 bits per heavy atom. The molecule has 1 aromatic carbocycles. The molecule has 0 saturated carbocycles. The third kappa shape index (κ3) is 2.64. The molecule has 20 heavy (non-hydrogen) atoms. The van der Waals surface area contributed by atoms with Gasteiger partial charge in [-0.15, -0.1) is 0 Å². The molecular weight excluding hydrogens is 271 g/mol. The molecule has 0 radical (unpaired) electrons. The van der Waals surface area contributed by atoms with Crippen LogP contribution in [-0.2, 0) is 17.4 Å². The van der Waals surface area contributed by atoms with Gasteiger partial charge in [0.25, 0.3) is 0 Å². The van der Waals surface area contributed by atoms with Gasteiger partial charge >= 0.3 is 12.1 Å². The zero-order valence-electron chi connectivity index (χ0n) is 11.0. The van der Waals surface area contributed by atoms with E-state index in [2.05, 4.69) is 0 Å². The van der Waals surface area contributed by atoms with Crippen molar-refractivity contribution in [2.45, 2.75) is 32.5 Å². The minimum atomic E-state index is -4.41. The summed E-state index contributed by atoms with van der Waals surface area (Å²) in [6.45, 7) is 3.62. The number of benzene rings is 1. The summed E-state index contributed by atoms with van der Waals surface area (Å²) in [5.41, 5.74) is 0.180. The molecule has 1 aromatic heterocycles. The molecule has 0 bridgehead atoms. The van der Waals surface area contributed by atoms with Gasteiger partial charge in [0, 0.05) is 17.3 Å². The van der Waals surface area contributed by atoms with Crippen LogP contribution in [-0.4, -0.2) is 15.6 Å². The number of halogens is 3. The minimum absolute atomic E-state index is 0.120. The van der Waals surface area contributed by atoms with E-state index in [1.54, 1.807) is 10.6 Å². The fourth-order valence-corrected chi connectivity index (χ4v) is 2.36. The highest BCUT2D eigenvalue weighted by Gasteiger charge is 2.31. The summed E-state index contributed by atoms with van der Waals surface area (Å²) in [6.07, 6.45) is -4.62. The maximum Gasteiger partial charge on any atom is 0.416 e. The number of carbonyl (C=O) groups is 1. The molecule has 0 atom stereocenters. The fraction of sp³-hybridized carbons (Fsp3) is 0.357. The topological polar surface area (TPSA) is 42.2 Å². The van der Waals surface area contributed by atoms with Crippen molar-refractivity contribution in [2.24, 2.45) is 0 Å². The first-order valence-corrected chi connectivity index (χ1v) is 6.13. The van der Waals surface area contributed by atoms with Crippen molar-refractivity contribution in [1.82, 2.24) is 4.57 Å². The highest BCUT2D eigenvalue weighted by atomic mass is 19.4. The zero-order chi connectivity index (χ0) is 15.1. The maximum absolute atomic E-state index is 12.8. The van der Waals surface area contributed by atoms with Gasteiger partial charge in [-0.05, 0) is 37.4 Å². The van der Waals surface area contributed by atoms with Crippen LogP contribution in [0.2, 0.25) is 0 Å². The van der Waals surface area contributed by atoms with E-state index >= 15 is 0 Å². The number of alkyl halides is 3. The molecular formula is C14H14F3NO2. The largest absolute Gasteiger partial charge is 0.481 e. The Morgan fingerprint density at radius 2 is 1.95 bits per heavy atom. The molecule has 2 aromatic rings. The second kappa shape index (κ2) is 4.85. The molecule has 3 nitrogen and oxygen atoms in total. The molecule has 2 rings (SSSR count). The first kappa shape index (κ1) is 14.4. The number of nitrogens with zero attached hydrogens (tertiary/aromatic N) is 1. The molecule has 6 heteroatoms. The quantitative estimate of drug-likeness (QED) is 0.930. The van der Waals surface area contributed by atoms with E-state index in [-0.39, 0.29) is 12.5 Å². The van der Waals surface area contributed by atoms with Crippen LogP contribution < -0.4 is 0 Å². The molecule has 1 N–H and O–H groups in total. The van der Waals surface area contributed by atoms with E-state index in [9.17, 15) is 18.0 Å². The predicted molar refractivity (Wildman–Crippen MR) is 68.7 cm³/mol. The fourth-order valence-electron chi connectivity index (χ4n) is 2.36. The first-order chi connectivity index (χ1) is 9.20. The summed E-state index contributed by atoms with van der Waals surface area (Å²) >= 11 is 0. The van der Waals surface area contributed by atoms with Gasteiger partial charge in [-0.3, -0.25) is 4.79 Å². The number of hydrogen-bond acceptors (Lipinski definition) is 1. The van der Waals surface area contributed by atoms with Gasteiger partial charge in [0.2, 0.25) is 0 Å². The number of carboxylic acid groups (broad SMARTS) is 1. The van der Waals surface area contributed by atoms with Crippen LogP contribution >= 0.6 is 0 Å². The molecule has 0 unspecified atom stereocenters. The lowest BCUT2D eigenvalue weighted by Crippen LogP contribution is -2.10. The molecule has 0 fully saturated rings. The molecule has 0 aliphatic rings. The van der Waals surface area contributed by atoms with Crippen LogP contribution in [0.3, 0.4) is 0 Å². The number of aliphatic carboxylic acids is 1. The third-order valence-corrected chi connectivity index (χ3v) is 3.10. The lowest BCUT2D eigenvalue weighted by Gasteiger charge is -2.14. The maximum atomic E-state index is 12.8. The van der Waals surface area contributed by atoms with Gasteiger partial charge in [0.05, 0.1) is 12.0 Å². The molecule has 0 spiro atoms. The van der Waals surface area contributed by atoms with Gasteiger partial charge in [0.15, 0.2) is 0 Å². The monoisotopic (exact) mass is 285 g/mol.